The molecule has 1 aromatic rings. The zero-order valence-corrected chi connectivity index (χ0v) is 10.00. The van der Waals surface area contributed by atoms with Gasteiger partial charge in [-0.25, -0.2) is 0 Å². The third kappa shape index (κ3) is 2.63. The van der Waals surface area contributed by atoms with E-state index in [1.807, 2.05) is 0 Å². The molecule has 0 amide bonds. The summed E-state index contributed by atoms with van der Waals surface area (Å²) in [6.07, 6.45) is 4.15. The first-order chi connectivity index (χ1) is 7.81. The van der Waals surface area contributed by atoms with E-state index in [2.05, 4.69) is 30.4 Å². The Hall–Kier alpha value is -0.860. The van der Waals surface area contributed by atoms with Crippen molar-refractivity contribution in [3.63, 3.8) is 0 Å². The van der Waals surface area contributed by atoms with Gasteiger partial charge < -0.3 is 10.4 Å². The lowest BCUT2D eigenvalue weighted by atomic mass is 10.0. The van der Waals surface area contributed by atoms with E-state index >= 15 is 0 Å². The number of hydrogen-bond donors (Lipinski definition) is 2. The van der Waals surface area contributed by atoms with Crippen LogP contribution in [-0.4, -0.2) is 18.2 Å². The van der Waals surface area contributed by atoms with Crippen LogP contribution in [0.4, 0.5) is 0 Å². The van der Waals surface area contributed by atoms with E-state index < -0.39 is 0 Å². The smallest absolute Gasteiger partial charge is 0.0802 e. The first kappa shape index (κ1) is 11.6. The molecule has 88 valence electrons. The van der Waals surface area contributed by atoms with Gasteiger partial charge in [0, 0.05) is 0 Å². The van der Waals surface area contributed by atoms with Crippen LogP contribution in [0, 0.1) is 0 Å². The maximum absolute atomic E-state index is 10.0. The van der Waals surface area contributed by atoms with Crippen LogP contribution in [0.25, 0.3) is 0 Å². The Morgan fingerprint density at radius 1 is 1.31 bits per heavy atom. The lowest BCUT2D eigenvalue weighted by molar-refractivity contribution is 0.167. The third-order valence-corrected chi connectivity index (χ3v) is 3.35. The van der Waals surface area contributed by atoms with E-state index in [1.165, 1.54) is 30.4 Å². The Balaban J connectivity index is 1.98. The van der Waals surface area contributed by atoms with Crippen LogP contribution in [-0.2, 0) is 12.8 Å². The summed E-state index contributed by atoms with van der Waals surface area (Å²) < 4.78 is 0. The van der Waals surface area contributed by atoms with Crippen LogP contribution in [0.15, 0.2) is 18.2 Å². The molecule has 0 radical (unpaired) electrons. The highest BCUT2D eigenvalue weighted by Crippen LogP contribution is 2.26. The summed E-state index contributed by atoms with van der Waals surface area (Å²) in [4.78, 5) is 0. The van der Waals surface area contributed by atoms with E-state index in [1.54, 1.807) is 0 Å². The van der Waals surface area contributed by atoms with Crippen molar-refractivity contribution < 1.29 is 5.11 Å². The van der Waals surface area contributed by atoms with Crippen LogP contribution in [0.5, 0.6) is 0 Å². The number of aryl methyl sites for hydroxylation is 2. The highest BCUT2D eigenvalue weighted by Gasteiger charge is 2.13. The van der Waals surface area contributed by atoms with Crippen molar-refractivity contribution in [1.29, 1.82) is 0 Å². The highest BCUT2D eigenvalue weighted by atomic mass is 16.3. The second-order valence-corrected chi connectivity index (χ2v) is 4.54. The molecular formula is C14H21NO. The molecule has 0 saturated heterocycles. The van der Waals surface area contributed by atoms with Gasteiger partial charge in [0.2, 0.25) is 0 Å². The Kier molecular flexibility index (Phi) is 3.97. The summed E-state index contributed by atoms with van der Waals surface area (Å²) >= 11 is 0. The van der Waals surface area contributed by atoms with E-state index in [-0.39, 0.29) is 6.10 Å². The van der Waals surface area contributed by atoms with Gasteiger partial charge in [-0.3, -0.25) is 0 Å². The topological polar surface area (TPSA) is 32.3 Å². The van der Waals surface area contributed by atoms with Gasteiger partial charge in [0.1, 0.15) is 0 Å². The molecule has 2 rings (SSSR count). The predicted molar refractivity (Wildman–Crippen MR) is 66.6 cm³/mol. The molecule has 0 bridgehead atoms. The largest absolute Gasteiger partial charge is 0.388 e. The third-order valence-electron chi connectivity index (χ3n) is 3.35. The average Bonchev–Trinajstić information content (AvgIpc) is 2.76. The number of benzene rings is 1. The first-order valence-electron chi connectivity index (χ1n) is 6.31. The van der Waals surface area contributed by atoms with Crippen LogP contribution in [0.2, 0.25) is 0 Å². The lowest BCUT2D eigenvalue weighted by Crippen LogP contribution is -2.16. The molecule has 2 nitrogen and oxygen atoms in total. The van der Waals surface area contributed by atoms with Crippen molar-refractivity contribution in [1.82, 2.24) is 5.32 Å². The van der Waals surface area contributed by atoms with E-state index in [0.29, 0.717) is 0 Å². The van der Waals surface area contributed by atoms with Crippen molar-refractivity contribution in [3.05, 3.63) is 34.9 Å². The van der Waals surface area contributed by atoms with Crippen molar-refractivity contribution in [2.45, 2.75) is 38.7 Å². The monoisotopic (exact) mass is 219 g/mol. The zero-order valence-electron chi connectivity index (χ0n) is 10.00. The first-order valence-corrected chi connectivity index (χ1v) is 6.31. The summed E-state index contributed by atoms with van der Waals surface area (Å²) in [5.74, 6) is 0. The zero-order chi connectivity index (χ0) is 11.4. The number of hydrogen-bond acceptors (Lipinski definition) is 2. The Morgan fingerprint density at radius 2 is 2.12 bits per heavy atom. The van der Waals surface area contributed by atoms with E-state index in [4.69, 9.17) is 0 Å². The Morgan fingerprint density at radius 3 is 2.94 bits per heavy atom. The fourth-order valence-electron chi connectivity index (χ4n) is 2.38. The molecule has 2 heteroatoms. The molecule has 16 heavy (non-hydrogen) atoms. The summed E-state index contributed by atoms with van der Waals surface area (Å²) in [6, 6.07) is 6.47. The SMILES string of the molecule is CCNCCC(O)c1ccc2c(c1)CCC2. The maximum Gasteiger partial charge on any atom is 0.0802 e. The molecule has 0 heterocycles. The van der Waals surface area contributed by atoms with Gasteiger partial charge in [-0.15, -0.1) is 0 Å². The van der Waals surface area contributed by atoms with Gasteiger partial charge >= 0.3 is 0 Å². The van der Waals surface area contributed by atoms with Crippen LogP contribution >= 0.6 is 0 Å². The Labute approximate surface area is 97.7 Å². The maximum atomic E-state index is 10.0. The van der Waals surface area contributed by atoms with E-state index in [9.17, 15) is 5.11 Å². The minimum atomic E-state index is -0.315. The molecule has 1 aromatic carbocycles. The fourth-order valence-corrected chi connectivity index (χ4v) is 2.38. The Bertz CT molecular complexity index is 349. The van der Waals surface area contributed by atoms with Crippen molar-refractivity contribution in [3.8, 4) is 0 Å². The van der Waals surface area contributed by atoms with Crippen molar-refractivity contribution in [2.75, 3.05) is 13.1 Å². The molecule has 0 aromatic heterocycles. The number of fused-ring (bicyclic) bond motifs is 1. The molecule has 1 unspecified atom stereocenters. The number of aliphatic hydroxyl groups is 1. The molecule has 0 fully saturated rings. The highest BCUT2D eigenvalue weighted by molar-refractivity contribution is 5.36. The normalized spacial score (nSPS) is 16.1. The van der Waals surface area contributed by atoms with Gasteiger partial charge in [0.05, 0.1) is 6.10 Å². The summed E-state index contributed by atoms with van der Waals surface area (Å²) in [5, 5.41) is 13.3. The quantitative estimate of drug-likeness (QED) is 0.744. The van der Waals surface area contributed by atoms with Crippen molar-refractivity contribution >= 4 is 0 Å². The summed E-state index contributed by atoms with van der Waals surface area (Å²) in [5.41, 5.74) is 4.00. The molecular weight excluding hydrogens is 198 g/mol. The van der Waals surface area contributed by atoms with Gasteiger partial charge in [0.25, 0.3) is 0 Å². The second kappa shape index (κ2) is 5.46. The minimum Gasteiger partial charge on any atom is -0.388 e. The molecule has 0 aliphatic heterocycles. The van der Waals surface area contributed by atoms with Crippen LogP contribution in [0.3, 0.4) is 0 Å². The van der Waals surface area contributed by atoms with Gasteiger partial charge in [0.15, 0.2) is 0 Å². The molecule has 1 atom stereocenters. The van der Waals surface area contributed by atoms with Crippen molar-refractivity contribution in [2.24, 2.45) is 0 Å². The predicted octanol–water partition coefficient (Wildman–Crippen LogP) is 2.21. The summed E-state index contributed by atoms with van der Waals surface area (Å²) in [6.45, 7) is 3.94. The number of nitrogens with one attached hydrogen (secondary N) is 1. The minimum absolute atomic E-state index is 0.315. The second-order valence-electron chi connectivity index (χ2n) is 4.54. The fraction of sp³-hybridized carbons (Fsp3) is 0.571. The van der Waals surface area contributed by atoms with E-state index in [0.717, 1.165) is 25.1 Å². The molecule has 1 aliphatic rings. The summed E-state index contributed by atoms with van der Waals surface area (Å²) in [7, 11) is 0. The molecule has 1 aliphatic carbocycles. The molecule has 0 saturated carbocycles. The van der Waals surface area contributed by atoms with Gasteiger partial charge in [-0.05, 0) is 55.5 Å². The molecule has 0 spiro atoms. The van der Waals surface area contributed by atoms with Crippen LogP contribution in [0.1, 0.15) is 42.6 Å². The lowest BCUT2D eigenvalue weighted by Gasteiger charge is -2.12. The standard InChI is InChI=1S/C14H21NO/c1-2-15-9-8-14(16)13-7-6-11-4-3-5-12(11)10-13/h6-7,10,14-16H,2-5,8-9H2,1H3. The average molecular weight is 219 g/mol. The van der Waals surface area contributed by atoms with Crippen LogP contribution < -0.4 is 5.32 Å². The molecule has 2 N–H and O–H groups in total. The number of rotatable bonds is 5. The number of aliphatic hydroxyl groups excluding tert-OH is 1. The van der Waals surface area contributed by atoms with Gasteiger partial charge in [-0.2, -0.15) is 0 Å². The van der Waals surface area contributed by atoms with Gasteiger partial charge in [-0.1, -0.05) is 25.1 Å².